The number of rotatable bonds is 4. The number of anilines is 1. The summed E-state index contributed by atoms with van der Waals surface area (Å²) in [4.78, 5) is 27.5. The average Bonchev–Trinajstić information content (AvgIpc) is 3.55. The number of nitrogens with zero attached hydrogens (tertiary/aromatic N) is 1. The average molecular weight is 505 g/mol. The molecule has 3 aliphatic rings. The van der Waals surface area contributed by atoms with Crippen molar-refractivity contribution in [1.82, 2.24) is 15.5 Å². The molecule has 0 saturated carbocycles. The highest BCUT2D eigenvalue weighted by molar-refractivity contribution is 8.01. The molecule has 2 fully saturated rings. The summed E-state index contributed by atoms with van der Waals surface area (Å²) in [6.07, 6.45) is 1.60. The first kappa shape index (κ1) is 23.0. The molecule has 0 bridgehead atoms. The number of ether oxygens (including phenoxy) is 2. The van der Waals surface area contributed by atoms with Crippen molar-refractivity contribution >= 4 is 40.2 Å². The monoisotopic (exact) mass is 504 g/mol. The molecule has 1 spiro atoms. The number of benzene rings is 3. The Kier molecular flexibility index (Phi) is 6.10. The minimum Gasteiger partial charge on any atom is -0.454 e. The van der Waals surface area contributed by atoms with Gasteiger partial charge in [0.1, 0.15) is 0 Å². The van der Waals surface area contributed by atoms with Crippen LogP contribution in [0.3, 0.4) is 0 Å². The van der Waals surface area contributed by atoms with Crippen LogP contribution in [0, 0.1) is 0 Å². The molecule has 3 aliphatic heterocycles. The summed E-state index contributed by atoms with van der Waals surface area (Å²) in [6.45, 7) is 1.95. The van der Waals surface area contributed by atoms with Crippen LogP contribution in [0.5, 0.6) is 11.5 Å². The molecule has 186 valence electrons. The van der Waals surface area contributed by atoms with Gasteiger partial charge in [0.15, 0.2) is 11.5 Å². The molecular formula is C27H28N4O4S. The van der Waals surface area contributed by atoms with Gasteiger partial charge < -0.3 is 25.0 Å². The number of carbonyl (C=O) groups is 2. The van der Waals surface area contributed by atoms with Crippen LogP contribution in [0.25, 0.3) is 10.8 Å². The number of fused-ring (bicyclic) bond motifs is 2. The number of hydrogen-bond acceptors (Lipinski definition) is 6. The molecule has 6 rings (SSSR count). The third-order valence-corrected chi connectivity index (χ3v) is 8.65. The molecule has 3 aromatic carbocycles. The molecule has 8 nitrogen and oxygen atoms in total. The predicted molar refractivity (Wildman–Crippen MR) is 140 cm³/mol. The Labute approximate surface area is 213 Å². The topological polar surface area (TPSA) is 91.9 Å². The maximum absolute atomic E-state index is 13.0. The van der Waals surface area contributed by atoms with Gasteiger partial charge in [-0.25, -0.2) is 4.79 Å². The number of amides is 3. The molecule has 3 heterocycles. The summed E-state index contributed by atoms with van der Waals surface area (Å²) in [5.41, 5.74) is 1.80. The van der Waals surface area contributed by atoms with Crippen molar-refractivity contribution in [2.24, 2.45) is 0 Å². The quantitative estimate of drug-likeness (QED) is 0.499. The standard InChI is InChI=1S/C27H28N4O4S/c32-25(28-15-18-8-9-23-24(14-18)35-17-34-23)22-16-36-27(30-22)10-12-31(13-11-27)26(33)29-21-7-3-5-19-4-1-2-6-20(19)21/h1-9,14,22,30H,10-13,15-17H2,(H,28,32)(H,29,33). The number of piperidine rings is 1. The zero-order valence-electron chi connectivity index (χ0n) is 19.8. The molecule has 0 aliphatic carbocycles. The molecule has 1 atom stereocenters. The van der Waals surface area contributed by atoms with Gasteiger partial charge >= 0.3 is 6.03 Å². The number of nitrogens with one attached hydrogen (secondary N) is 3. The van der Waals surface area contributed by atoms with Gasteiger partial charge in [0.2, 0.25) is 12.7 Å². The van der Waals surface area contributed by atoms with Crippen LogP contribution in [0.1, 0.15) is 18.4 Å². The van der Waals surface area contributed by atoms with Crippen LogP contribution in [0.4, 0.5) is 10.5 Å². The summed E-state index contributed by atoms with van der Waals surface area (Å²) in [6, 6.07) is 19.3. The zero-order valence-corrected chi connectivity index (χ0v) is 20.6. The smallest absolute Gasteiger partial charge is 0.321 e. The molecule has 0 radical (unpaired) electrons. The molecule has 2 saturated heterocycles. The summed E-state index contributed by atoms with van der Waals surface area (Å²) in [5.74, 6) is 2.16. The second-order valence-corrected chi connectivity index (χ2v) is 10.8. The number of urea groups is 1. The summed E-state index contributed by atoms with van der Waals surface area (Å²) in [5, 5.41) is 11.8. The first-order chi connectivity index (χ1) is 17.6. The Morgan fingerprint density at radius 2 is 1.83 bits per heavy atom. The maximum Gasteiger partial charge on any atom is 0.321 e. The Morgan fingerprint density at radius 1 is 1.03 bits per heavy atom. The minimum atomic E-state index is -0.250. The molecule has 3 aromatic rings. The van der Waals surface area contributed by atoms with E-state index in [1.165, 1.54) is 0 Å². The number of thioether (sulfide) groups is 1. The van der Waals surface area contributed by atoms with E-state index in [1.54, 1.807) is 11.8 Å². The van der Waals surface area contributed by atoms with E-state index in [4.69, 9.17) is 9.47 Å². The van der Waals surface area contributed by atoms with Crippen molar-refractivity contribution in [2.45, 2.75) is 30.3 Å². The largest absolute Gasteiger partial charge is 0.454 e. The lowest BCUT2D eigenvalue weighted by atomic mass is 10.0. The Balaban J connectivity index is 1.01. The Hall–Kier alpha value is -3.43. The van der Waals surface area contributed by atoms with Gasteiger partial charge in [-0.1, -0.05) is 42.5 Å². The van der Waals surface area contributed by atoms with Crippen molar-refractivity contribution < 1.29 is 19.1 Å². The molecular weight excluding hydrogens is 476 g/mol. The molecule has 3 amide bonds. The fourth-order valence-electron chi connectivity index (χ4n) is 5.04. The SMILES string of the molecule is O=C(NCc1ccc2c(c1)OCO2)C1CSC2(CCN(C(=O)Nc3cccc4ccccc34)CC2)N1. The minimum absolute atomic E-state index is 0.00632. The van der Waals surface area contributed by atoms with Crippen LogP contribution in [0.2, 0.25) is 0 Å². The normalized spacial score (nSPS) is 20.0. The van der Waals surface area contributed by atoms with E-state index in [9.17, 15) is 9.59 Å². The van der Waals surface area contributed by atoms with Crippen LogP contribution in [0.15, 0.2) is 60.7 Å². The summed E-state index contributed by atoms with van der Waals surface area (Å²) in [7, 11) is 0. The lowest BCUT2D eigenvalue weighted by Gasteiger charge is -2.39. The van der Waals surface area contributed by atoms with Crippen LogP contribution in [-0.2, 0) is 11.3 Å². The van der Waals surface area contributed by atoms with Gasteiger partial charge in [-0.3, -0.25) is 10.1 Å². The van der Waals surface area contributed by atoms with E-state index in [2.05, 4.69) is 16.0 Å². The van der Waals surface area contributed by atoms with E-state index in [1.807, 2.05) is 65.6 Å². The Morgan fingerprint density at radius 3 is 2.72 bits per heavy atom. The van der Waals surface area contributed by atoms with Gasteiger partial charge in [-0.2, -0.15) is 0 Å². The number of hydrogen-bond donors (Lipinski definition) is 3. The summed E-state index contributed by atoms with van der Waals surface area (Å²) >= 11 is 1.79. The Bertz CT molecular complexity index is 1300. The third kappa shape index (κ3) is 4.56. The van der Waals surface area contributed by atoms with E-state index in [0.717, 1.165) is 46.4 Å². The van der Waals surface area contributed by atoms with Crippen molar-refractivity contribution in [3.05, 3.63) is 66.2 Å². The lowest BCUT2D eigenvalue weighted by Crippen LogP contribution is -2.54. The van der Waals surface area contributed by atoms with E-state index in [-0.39, 0.29) is 29.6 Å². The molecule has 0 aromatic heterocycles. The maximum atomic E-state index is 13.0. The van der Waals surface area contributed by atoms with Gasteiger partial charge in [0.05, 0.1) is 16.6 Å². The molecule has 1 unspecified atom stereocenters. The van der Waals surface area contributed by atoms with Crippen LogP contribution in [-0.4, -0.2) is 53.4 Å². The fraction of sp³-hybridized carbons (Fsp3) is 0.333. The first-order valence-corrected chi connectivity index (χ1v) is 13.2. The fourth-order valence-corrected chi connectivity index (χ4v) is 6.45. The third-order valence-electron chi connectivity index (χ3n) is 7.07. The van der Waals surface area contributed by atoms with Crippen LogP contribution >= 0.6 is 11.8 Å². The van der Waals surface area contributed by atoms with Crippen molar-refractivity contribution in [3.63, 3.8) is 0 Å². The molecule has 3 N–H and O–H groups in total. The highest BCUT2D eigenvalue weighted by Gasteiger charge is 2.44. The highest BCUT2D eigenvalue weighted by Crippen LogP contribution is 2.39. The van der Waals surface area contributed by atoms with Crippen molar-refractivity contribution in [1.29, 1.82) is 0 Å². The first-order valence-electron chi connectivity index (χ1n) is 12.2. The second kappa shape index (κ2) is 9.55. The molecule has 9 heteroatoms. The van der Waals surface area contributed by atoms with Crippen molar-refractivity contribution in [2.75, 3.05) is 31.0 Å². The second-order valence-electron chi connectivity index (χ2n) is 9.35. The zero-order chi connectivity index (χ0) is 24.5. The van der Waals surface area contributed by atoms with Crippen molar-refractivity contribution in [3.8, 4) is 11.5 Å². The predicted octanol–water partition coefficient (Wildman–Crippen LogP) is 3.91. The van der Waals surface area contributed by atoms with Gasteiger partial charge in [0.25, 0.3) is 0 Å². The van der Waals surface area contributed by atoms with E-state index in [0.29, 0.717) is 25.4 Å². The highest BCUT2D eigenvalue weighted by atomic mass is 32.2. The van der Waals surface area contributed by atoms with E-state index < -0.39 is 0 Å². The number of carbonyl (C=O) groups excluding carboxylic acids is 2. The van der Waals surface area contributed by atoms with Gasteiger partial charge in [0, 0.05) is 30.8 Å². The van der Waals surface area contributed by atoms with Gasteiger partial charge in [-0.15, -0.1) is 11.8 Å². The number of likely N-dealkylation sites (tertiary alicyclic amines) is 1. The van der Waals surface area contributed by atoms with E-state index >= 15 is 0 Å². The summed E-state index contributed by atoms with van der Waals surface area (Å²) < 4.78 is 10.8. The van der Waals surface area contributed by atoms with Gasteiger partial charge in [-0.05, 0) is 42.0 Å². The van der Waals surface area contributed by atoms with Crippen LogP contribution < -0.4 is 25.4 Å². The molecule has 36 heavy (non-hydrogen) atoms. The lowest BCUT2D eigenvalue weighted by molar-refractivity contribution is -0.122.